The highest BCUT2D eigenvalue weighted by molar-refractivity contribution is 9.10. The Morgan fingerprint density at radius 3 is 2.68 bits per heavy atom. The normalized spacial score (nSPS) is 22.4. The standard InChI is InChI=1S/C19H29BrN2O3/c1-13(22-11-14(2)25-15(3)12-22)10-21-19(23)8-6-16-5-7-18(24-4)17(20)9-16/h5,7,9,13-15H,6,8,10-12H2,1-4H3,(H,21,23). The number of rotatable bonds is 7. The monoisotopic (exact) mass is 412 g/mol. The summed E-state index contributed by atoms with van der Waals surface area (Å²) in [5, 5.41) is 3.06. The molecule has 3 unspecified atom stereocenters. The first-order chi connectivity index (χ1) is 11.9. The molecular weight excluding hydrogens is 384 g/mol. The van der Waals surface area contributed by atoms with Crippen molar-refractivity contribution in [2.45, 2.75) is 51.9 Å². The Labute approximate surface area is 159 Å². The van der Waals surface area contributed by atoms with E-state index < -0.39 is 0 Å². The van der Waals surface area contributed by atoms with Crippen LogP contribution in [0.4, 0.5) is 0 Å². The van der Waals surface area contributed by atoms with Crippen LogP contribution in [0.25, 0.3) is 0 Å². The third-order valence-electron chi connectivity index (χ3n) is 4.52. The van der Waals surface area contributed by atoms with Crippen LogP contribution >= 0.6 is 15.9 Å². The maximum atomic E-state index is 12.1. The molecule has 0 saturated carbocycles. The van der Waals surface area contributed by atoms with Gasteiger partial charge in [0.15, 0.2) is 0 Å². The largest absolute Gasteiger partial charge is 0.496 e. The van der Waals surface area contributed by atoms with Crippen molar-refractivity contribution >= 4 is 21.8 Å². The quantitative estimate of drug-likeness (QED) is 0.747. The summed E-state index contributed by atoms with van der Waals surface area (Å²) in [5.74, 6) is 0.893. The average Bonchev–Trinajstić information content (AvgIpc) is 2.57. The molecule has 0 radical (unpaired) electrons. The fourth-order valence-electron chi connectivity index (χ4n) is 3.18. The highest BCUT2D eigenvalue weighted by Gasteiger charge is 2.25. The number of aryl methyl sites for hydroxylation is 1. The maximum absolute atomic E-state index is 12.1. The number of methoxy groups -OCH3 is 1. The van der Waals surface area contributed by atoms with Crippen LogP contribution in [0.15, 0.2) is 22.7 Å². The summed E-state index contributed by atoms with van der Waals surface area (Å²) in [5.41, 5.74) is 1.12. The van der Waals surface area contributed by atoms with E-state index in [2.05, 4.69) is 46.9 Å². The first-order valence-corrected chi connectivity index (χ1v) is 9.67. The van der Waals surface area contributed by atoms with Crippen LogP contribution in [0.2, 0.25) is 0 Å². The third-order valence-corrected chi connectivity index (χ3v) is 5.14. The van der Waals surface area contributed by atoms with Gasteiger partial charge in [0.2, 0.25) is 5.91 Å². The van der Waals surface area contributed by atoms with E-state index >= 15 is 0 Å². The van der Waals surface area contributed by atoms with Gasteiger partial charge in [-0.2, -0.15) is 0 Å². The number of nitrogens with zero attached hydrogens (tertiary/aromatic N) is 1. The Hall–Kier alpha value is -1.11. The smallest absolute Gasteiger partial charge is 0.220 e. The van der Waals surface area contributed by atoms with Crippen molar-refractivity contribution in [1.29, 1.82) is 0 Å². The molecule has 6 heteroatoms. The second kappa shape index (κ2) is 9.55. The summed E-state index contributed by atoms with van der Waals surface area (Å²) in [6, 6.07) is 6.23. The predicted molar refractivity (Wildman–Crippen MR) is 103 cm³/mol. The second-order valence-electron chi connectivity index (χ2n) is 6.83. The Morgan fingerprint density at radius 1 is 1.40 bits per heavy atom. The van der Waals surface area contributed by atoms with E-state index in [1.165, 1.54) is 0 Å². The van der Waals surface area contributed by atoms with Gasteiger partial charge >= 0.3 is 0 Å². The Morgan fingerprint density at radius 2 is 2.08 bits per heavy atom. The zero-order chi connectivity index (χ0) is 18.4. The van der Waals surface area contributed by atoms with Crippen molar-refractivity contribution in [2.75, 3.05) is 26.7 Å². The first-order valence-electron chi connectivity index (χ1n) is 8.87. The molecule has 1 aromatic carbocycles. The van der Waals surface area contributed by atoms with E-state index in [0.29, 0.717) is 25.4 Å². The molecule has 0 aliphatic carbocycles. The molecule has 1 aromatic rings. The van der Waals surface area contributed by atoms with Crippen LogP contribution in [0.3, 0.4) is 0 Å². The lowest BCUT2D eigenvalue weighted by atomic mass is 10.1. The van der Waals surface area contributed by atoms with E-state index in [-0.39, 0.29) is 18.1 Å². The van der Waals surface area contributed by atoms with E-state index in [1.807, 2.05) is 18.2 Å². The molecular formula is C19H29BrN2O3. The van der Waals surface area contributed by atoms with Gasteiger partial charge in [0, 0.05) is 32.1 Å². The van der Waals surface area contributed by atoms with Crippen molar-refractivity contribution in [3.05, 3.63) is 28.2 Å². The Kier molecular flexibility index (Phi) is 7.72. The molecule has 1 N–H and O–H groups in total. The van der Waals surface area contributed by atoms with Crippen LogP contribution < -0.4 is 10.1 Å². The van der Waals surface area contributed by atoms with E-state index in [1.54, 1.807) is 7.11 Å². The van der Waals surface area contributed by atoms with Crippen molar-refractivity contribution in [2.24, 2.45) is 0 Å². The maximum Gasteiger partial charge on any atom is 0.220 e. The van der Waals surface area contributed by atoms with Crippen LogP contribution in [-0.2, 0) is 16.0 Å². The summed E-state index contributed by atoms with van der Waals surface area (Å²) in [6.45, 7) is 8.86. The lowest BCUT2D eigenvalue weighted by molar-refractivity contribution is -0.121. The number of hydrogen-bond acceptors (Lipinski definition) is 4. The minimum atomic E-state index is 0.0909. The molecule has 5 nitrogen and oxygen atoms in total. The summed E-state index contributed by atoms with van der Waals surface area (Å²) in [4.78, 5) is 14.5. The minimum absolute atomic E-state index is 0.0909. The van der Waals surface area contributed by atoms with Gasteiger partial charge in [-0.3, -0.25) is 9.69 Å². The fourth-order valence-corrected chi connectivity index (χ4v) is 3.77. The van der Waals surface area contributed by atoms with E-state index in [0.717, 1.165) is 28.9 Å². The van der Waals surface area contributed by atoms with Gasteiger partial charge < -0.3 is 14.8 Å². The molecule has 1 fully saturated rings. The highest BCUT2D eigenvalue weighted by atomic mass is 79.9. The van der Waals surface area contributed by atoms with Crippen LogP contribution in [-0.4, -0.2) is 55.8 Å². The van der Waals surface area contributed by atoms with Gasteiger partial charge in [-0.25, -0.2) is 0 Å². The molecule has 2 rings (SSSR count). The molecule has 0 spiro atoms. The summed E-state index contributed by atoms with van der Waals surface area (Å²) < 4.78 is 11.9. The molecule has 3 atom stereocenters. The van der Waals surface area contributed by atoms with Gasteiger partial charge in [-0.15, -0.1) is 0 Å². The van der Waals surface area contributed by atoms with Crippen molar-refractivity contribution in [1.82, 2.24) is 10.2 Å². The van der Waals surface area contributed by atoms with Crippen molar-refractivity contribution in [3.63, 3.8) is 0 Å². The van der Waals surface area contributed by atoms with Gasteiger partial charge in [-0.05, 0) is 60.8 Å². The zero-order valence-corrected chi connectivity index (χ0v) is 17.1. The highest BCUT2D eigenvalue weighted by Crippen LogP contribution is 2.25. The Balaban J connectivity index is 1.74. The SMILES string of the molecule is COc1ccc(CCC(=O)NCC(C)N2CC(C)OC(C)C2)cc1Br. The van der Waals surface area contributed by atoms with Crippen LogP contribution in [0.1, 0.15) is 32.8 Å². The van der Waals surface area contributed by atoms with Gasteiger partial charge in [0.1, 0.15) is 5.75 Å². The predicted octanol–water partition coefficient (Wildman–Crippen LogP) is 3.00. The lowest BCUT2D eigenvalue weighted by Gasteiger charge is -2.39. The van der Waals surface area contributed by atoms with Gasteiger partial charge in [0.25, 0.3) is 0 Å². The van der Waals surface area contributed by atoms with Gasteiger partial charge in [-0.1, -0.05) is 6.07 Å². The summed E-state index contributed by atoms with van der Waals surface area (Å²) in [7, 11) is 1.64. The Bertz CT molecular complexity index is 572. The summed E-state index contributed by atoms with van der Waals surface area (Å²) in [6.07, 6.45) is 1.70. The fraction of sp³-hybridized carbons (Fsp3) is 0.632. The van der Waals surface area contributed by atoms with E-state index in [4.69, 9.17) is 9.47 Å². The second-order valence-corrected chi connectivity index (χ2v) is 7.69. The number of morpholine rings is 1. The number of hydrogen-bond donors (Lipinski definition) is 1. The number of halogens is 1. The number of nitrogens with one attached hydrogen (secondary N) is 1. The molecule has 1 amide bonds. The van der Waals surface area contributed by atoms with Crippen molar-refractivity contribution < 1.29 is 14.3 Å². The first kappa shape index (κ1) is 20.2. The third kappa shape index (κ3) is 6.28. The molecule has 140 valence electrons. The van der Waals surface area contributed by atoms with Crippen molar-refractivity contribution in [3.8, 4) is 5.75 Å². The molecule has 0 bridgehead atoms. The number of amides is 1. The number of carbonyl (C=O) groups is 1. The molecule has 1 heterocycles. The van der Waals surface area contributed by atoms with Crippen LogP contribution in [0, 0.1) is 0 Å². The molecule has 1 aliphatic rings. The average molecular weight is 413 g/mol. The minimum Gasteiger partial charge on any atom is -0.496 e. The topological polar surface area (TPSA) is 50.8 Å². The van der Waals surface area contributed by atoms with E-state index in [9.17, 15) is 4.79 Å². The number of ether oxygens (including phenoxy) is 2. The molecule has 0 aromatic heterocycles. The van der Waals surface area contributed by atoms with Gasteiger partial charge in [0.05, 0.1) is 23.8 Å². The summed E-state index contributed by atoms with van der Waals surface area (Å²) >= 11 is 3.48. The molecule has 1 saturated heterocycles. The molecule has 25 heavy (non-hydrogen) atoms. The number of carbonyl (C=O) groups excluding carboxylic acids is 1. The zero-order valence-electron chi connectivity index (χ0n) is 15.5. The number of benzene rings is 1. The molecule has 1 aliphatic heterocycles. The lowest BCUT2D eigenvalue weighted by Crippen LogP contribution is -2.52. The van der Waals surface area contributed by atoms with Crippen LogP contribution in [0.5, 0.6) is 5.75 Å².